The minimum Gasteiger partial charge on any atom is -0.480 e. The number of hydrogen-bond acceptors (Lipinski definition) is 3. The van der Waals surface area contributed by atoms with E-state index in [0.29, 0.717) is 25.4 Å². The van der Waals surface area contributed by atoms with Gasteiger partial charge in [0, 0.05) is 19.0 Å². The summed E-state index contributed by atoms with van der Waals surface area (Å²) in [4.78, 5) is 33.0. The first-order valence-electron chi connectivity index (χ1n) is 6.05. The number of urea groups is 1. The molecule has 0 spiro atoms. The Morgan fingerprint density at radius 3 is 2.56 bits per heavy atom. The normalized spacial score (nSPS) is 15.6. The Morgan fingerprint density at radius 2 is 2.00 bits per heavy atom. The summed E-state index contributed by atoms with van der Waals surface area (Å²) in [5.41, 5.74) is 0. The Kier molecular flexibility index (Phi) is 5.41. The molecule has 0 saturated heterocycles. The van der Waals surface area contributed by atoms with Crippen molar-refractivity contribution in [2.75, 3.05) is 6.54 Å². The summed E-state index contributed by atoms with van der Waals surface area (Å²) < 4.78 is 0. The molecule has 0 radical (unpaired) electrons. The first kappa shape index (κ1) is 14.3. The van der Waals surface area contributed by atoms with Crippen LogP contribution < -0.4 is 16.0 Å². The summed E-state index contributed by atoms with van der Waals surface area (Å²) in [6, 6.07) is -1.11. The van der Waals surface area contributed by atoms with Gasteiger partial charge in [0.15, 0.2) is 0 Å². The van der Waals surface area contributed by atoms with Gasteiger partial charge in [-0.1, -0.05) is 0 Å². The largest absolute Gasteiger partial charge is 0.480 e. The van der Waals surface area contributed by atoms with E-state index in [1.807, 2.05) is 0 Å². The molecule has 1 atom stereocenters. The minimum atomic E-state index is -1.09. The van der Waals surface area contributed by atoms with E-state index >= 15 is 0 Å². The Hall–Kier alpha value is -1.79. The van der Waals surface area contributed by atoms with E-state index in [0.717, 1.165) is 12.8 Å². The SMILES string of the molecule is CC(NC(=O)NCCCC(=O)NC1CC1)C(=O)O. The lowest BCUT2D eigenvalue weighted by Gasteiger charge is -2.10. The molecule has 0 aromatic heterocycles. The lowest BCUT2D eigenvalue weighted by molar-refractivity contribution is -0.138. The number of carboxylic acids is 1. The molecule has 1 aliphatic rings. The molecule has 7 heteroatoms. The van der Waals surface area contributed by atoms with E-state index in [2.05, 4.69) is 16.0 Å². The van der Waals surface area contributed by atoms with Gasteiger partial charge in [0.2, 0.25) is 5.91 Å². The average Bonchev–Trinajstić information content (AvgIpc) is 3.08. The third-order valence-electron chi connectivity index (χ3n) is 2.53. The van der Waals surface area contributed by atoms with Gasteiger partial charge in [-0.15, -0.1) is 0 Å². The summed E-state index contributed by atoms with van der Waals surface area (Å²) in [5.74, 6) is -1.09. The van der Waals surface area contributed by atoms with E-state index in [9.17, 15) is 14.4 Å². The monoisotopic (exact) mass is 257 g/mol. The predicted molar refractivity (Wildman–Crippen MR) is 64.0 cm³/mol. The van der Waals surface area contributed by atoms with Crippen LogP contribution in [-0.2, 0) is 9.59 Å². The molecule has 4 N–H and O–H groups in total. The van der Waals surface area contributed by atoms with Crippen molar-refractivity contribution in [3.05, 3.63) is 0 Å². The van der Waals surface area contributed by atoms with E-state index in [4.69, 9.17) is 5.11 Å². The van der Waals surface area contributed by atoms with Gasteiger partial charge >= 0.3 is 12.0 Å². The molecule has 1 unspecified atom stereocenters. The molecule has 0 aromatic rings. The van der Waals surface area contributed by atoms with Crippen molar-refractivity contribution in [1.29, 1.82) is 0 Å². The van der Waals surface area contributed by atoms with Crippen molar-refractivity contribution in [3.63, 3.8) is 0 Å². The first-order valence-corrected chi connectivity index (χ1v) is 6.05. The zero-order chi connectivity index (χ0) is 13.5. The molecule has 0 aromatic carbocycles. The van der Waals surface area contributed by atoms with Gasteiger partial charge in [0.1, 0.15) is 6.04 Å². The average molecular weight is 257 g/mol. The number of amides is 3. The molecule has 102 valence electrons. The number of hydrogen-bond donors (Lipinski definition) is 4. The fraction of sp³-hybridized carbons (Fsp3) is 0.727. The van der Waals surface area contributed by atoms with Crippen molar-refractivity contribution in [1.82, 2.24) is 16.0 Å². The molecule has 18 heavy (non-hydrogen) atoms. The van der Waals surface area contributed by atoms with Crippen LogP contribution in [0.25, 0.3) is 0 Å². The summed E-state index contributed by atoms with van der Waals surface area (Å²) in [6.07, 6.45) is 3.01. The highest BCUT2D eigenvalue weighted by atomic mass is 16.4. The Labute approximate surface area is 105 Å². The van der Waals surface area contributed by atoms with Crippen LogP contribution in [0.3, 0.4) is 0 Å². The first-order chi connectivity index (χ1) is 8.49. The van der Waals surface area contributed by atoms with Crippen LogP contribution in [0, 0.1) is 0 Å². The van der Waals surface area contributed by atoms with E-state index in [1.54, 1.807) is 0 Å². The molecule has 1 aliphatic carbocycles. The molecule has 0 bridgehead atoms. The molecular weight excluding hydrogens is 238 g/mol. The second kappa shape index (κ2) is 6.83. The van der Waals surface area contributed by atoms with Crippen LogP contribution in [0.4, 0.5) is 4.79 Å². The van der Waals surface area contributed by atoms with Crippen molar-refractivity contribution in [3.8, 4) is 0 Å². The second-order valence-electron chi connectivity index (χ2n) is 4.41. The maximum absolute atomic E-state index is 11.3. The quantitative estimate of drug-likeness (QED) is 0.474. The fourth-order valence-electron chi connectivity index (χ4n) is 1.29. The molecule has 1 fully saturated rings. The van der Waals surface area contributed by atoms with Crippen LogP contribution in [0.5, 0.6) is 0 Å². The third-order valence-corrected chi connectivity index (χ3v) is 2.53. The molecular formula is C11H19N3O4. The minimum absolute atomic E-state index is 0.00129. The summed E-state index contributed by atoms with van der Waals surface area (Å²) >= 11 is 0. The van der Waals surface area contributed by atoms with Gasteiger partial charge in [-0.05, 0) is 26.2 Å². The third kappa shape index (κ3) is 6.07. The zero-order valence-corrected chi connectivity index (χ0v) is 10.4. The van der Waals surface area contributed by atoms with Gasteiger partial charge in [-0.2, -0.15) is 0 Å². The number of carbonyl (C=O) groups excluding carboxylic acids is 2. The lowest BCUT2D eigenvalue weighted by atomic mass is 10.3. The van der Waals surface area contributed by atoms with E-state index in [-0.39, 0.29) is 5.91 Å². The number of rotatable bonds is 7. The molecule has 1 saturated carbocycles. The molecule has 0 heterocycles. The smallest absolute Gasteiger partial charge is 0.325 e. The Morgan fingerprint density at radius 1 is 1.33 bits per heavy atom. The molecule has 1 rings (SSSR count). The second-order valence-corrected chi connectivity index (χ2v) is 4.41. The topological polar surface area (TPSA) is 108 Å². The lowest BCUT2D eigenvalue weighted by Crippen LogP contribution is -2.44. The summed E-state index contributed by atoms with van der Waals surface area (Å²) in [6.45, 7) is 1.72. The van der Waals surface area contributed by atoms with Gasteiger partial charge in [-0.3, -0.25) is 9.59 Å². The van der Waals surface area contributed by atoms with Crippen LogP contribution >= 0.6 is 0 Å². The van der Waals surface area contributed by atoms with Gasteiger partial charge in [0.05, 0.1) is 0 Å². The number of aliphatic carboxylic acids is 1. The maximum Gasteiger partial charge on any atom is 0.325 e. The van der Waals surface area contributed by atoms with E-state index < -0.39 is 18.0 Å². The van der Waals surface area contributed by atoms with Gasteiger partial charge in [0.25, 0.3) is 0 Å². The van der Waals surface area contributed by atoms with Crippen molar-refractivity contribution in [2.45, 2.75) is 44.7 Å². The Bertz CT molecular complexity index is 328. The molecule has 0 aliphatic heterocycles. The number of carbonyl (C=O) groups is 3. The summed E-state index contributed by atoms with van der Waals surface area (Å²) in [7, 11) is 0. The number of carboxylic acid groups (broad SMARTS) is 1. The highest BCUT2D eigenvalue weighted by Crippen LogP contribution is 2.18. The van der Waals surface area contributed by atoms with Crippen LogP contribution in [-0.4, -0.2) is 41.6 Å². The standard InChI is InChI=1S/C11H19N3O4/c1-7(10(16)17)13-11(18)12-6-2-3-9(15)14-8-4-5-8/h7-8H,2-6H2,1H3,(H,14,15)(H,16,17)(H2,12,13,18). The van der Waals surface area contributed by atoms with Crippen LogP contribution in [0.15, 0.2) is 0 Å². The van der Waals surface area contributed by atoms with Crippen molar-refractivity contribution in [2.24, 2.45) is 0 Å². The van der Waals surface area contributed by atoms with Crippen molar-refractivity contribution >= 4 is 17.9 Å². The van der Waals surface area contributed by atoms with Crippen LogP contribution in [0.2, 0.25) is 0 Å². The van der Waals surface area contributed by atoms with Gasteiger partial charge in [-0.25, -0.2) is 4.79 Å². The molecule has 7 nitrogen and oxygen atoms in total. The maximum atomic E-state index is 11.3. The number of nitrogens with one attached hydrogen (secondary N) is 3. The van der Waals surface area contributed by atoms with E-state index in [1.165, 1.54) is 6.92 Å². The van der Waals surface area contributed by atoms with Crippen LogP contribution in [0.1, 0.15) is 32.6 Å². The van der Waals surface area contributed by atoms with Crippen molar-refractivity contribution < 1.29 is 19.5 Å². The molecule has 3 amide bonds. The highest BCUT2D eigenvalue weighted by molar-refractivity contribution is 5.82. The highest BCUT2D eigenvalue weighted by Gasteiger charge is 2.22. The fourth-order valence-corrected chi connectivity index (χ4v) is 1.29. The van der Waals surface area contributed by atoms with Gasteiger partial charge < -0.3 is 21.1 Å². The Balaban J connectivity index is 2.00. The summed E-state index contributed by atoms with van der Waals surface area (Å²) in [5, 5.41) is 16.2. The zero-order valence-electron chi connectivity index (χ0n) is 10.4. The predicted octanol–water partition coefficient (Wildman–Crippen LogP) is -0.182.